The second-order valence-electron chi connectivity index (χ2n) is 6.60. The van der Waals surface area contributed by atoms with Crippen molar-refractivity contribution in [3.05, 3.63) is 0 Å². The molecule has 1 heterocycles. The third-order valence-electron chi connectivity index (χ3n) is 3.09. The minimum absolute atomic E-state index is 0.118. The van der Waals surface area contributed by atoms with Crippen LogP contribution in [0.3, 0.4) is 0 Å². The molecule has 1 aliphatic rings. The van der Waals surface area contributed by atoms with E-state index in [0.29, 0.717) is 19.5 Å². The molecule has 12 nitrogen and oxygen atoms in total. The summed E-state index contributed by atoms with van der Waals surface area (Å²) in [6.07, 6.45) is -1.51. The lowest BCUT2D eigenvalue weighted by molar-refractivity contribution is 0.0291. The molecule has 0 bridgehead atoms. The highest BCUT2D eigenvalue weighted by atomic mass is 31.1. The number of amides is 3. The van der Waals surface area contributed by atoms with Crippen molar-refractivity contribution >= 4 is 58.1 Å². The maximum Gasteiger partial charge on any atom is 0.440 e. The summed E-state index contributed by atoms with van der Waals surface area (Å²) in [7, 11) is 2.72. The number of likely N-dealkylation sites (tertiary alicyclic amines) is 1. The molecular weight excluding hydrogens is 408 g/mol. The molecule has 156 valence electrons. The van der Waals surface area contributed by atoms with E-state index in [1.165, 1.54) is 0 Å². The Morgan fingerprint density at radius 1 is 1.14 bits per heavy atom. The number of aliphatic imine (C=N–C) groups is 1. The van der Waals surface area contributed by atoms with Crippen LogP contribution < -0.4 is 20.6 Å². The maximum absolute atomic E-state index is 12.2. The molecular formula is C12H26B2N6O6P2. The summed E-state index contributed by atoms with van der Waals surface area (Å²) < 4.78 is 15.0. The first-order valence-electron chi connectivity index (χ1n) is 8.50. The zero-order chi connectivity index (χ0) is 21.2. The molecule has 1 aliphatic heterocycles. The summed E-state index contributed by atoms with van der Waals surface area (Å²) in [6.45, 7) is 6.17. The molecule has 0 aromatic heterocycles. The van der Waals surface area contributed by atoms with Gasteiger partial charge < -0.3 is 34.0 Å². The molecule has 1 fully saturated rings. The number of carbonyl (C=O) groups excluding carboxylic acids is 3. The van der Waals surface area contributed by atoms with Crippen molar-refractivity contribution in [3.63, 3.8) is 0 Å². The van der Waals surface area contributed by atoms with E-state index in [-0.39, 0.29) is 29.9 Å². The lowest BCUT2D eigenvalue weighted by atomic mass is 10.2. The van der Waals surface area contributed by atoms with Gasteiger partial charge in [0.15, 0.2) is 16.0 Å². The predicted octanol–water partition coefficient (Wildman–Crippen LogP) is -0.903. The number of nitrogens with one attached hydrogen (secondary N) is 4. The Morgan fingerprint density at radius 3 is 2.39 bits per heavy atom. The zero-order valence-corrected chi connectivity index (χ0v) is 18.5. The summed E-state index contributed by atoms with van der Waals surface area (Å²) in [5.74, 6) is -0.118. The number of ether oxygens (including phenoxy) is 1. The van der Waals surface area contributed by atoms with E-state index in [2.05, 4.69) is 25.6 Å². The SMILES string of the molecule is BNPOC(=O)/N=C(/NC(=O)OPNB)N[C@@H]1CCN(C(=O)OC(C)(C)C)C1. The third-order valence-corrected chi connectivity index (χ3v) is 4.06. The van der Waals surface area contributed by atoms with Gasteiger partial charge in [0.25, 0.3) is 0 Å². The number of hydrogen-bond acceptors (Lipinski definition) is 8. The van der Waals surface area contributed by atoms with Gasteiger partial charge in [0, 0.05) is 19.1 Å². The minimum Gasteiger partial charge on any atom is -0.444 e. The van der Waals surface area contributed by atoms with Gasteiger partial charge in [-0.15, -0.1) is 4.99 Å². The second kappa shape index (κ2) is 12.1. The third kappa shape index (κ3) is 10.1. The van der Waals surface area contributed by atoms with Gasteiger partial charge in [-0.05, 0) is 27.2 Å². The number of hydrogen-bond donors (Lipinski definition) is 4. The van der Waals surface area contributed by atoms with E-state index in [1.54, 1.807) is 41.6 Å². The normalized spacial score (nSPS) is 17.9. The maximum atomic E-state index is 12.2. The molecule has 28 heavy (non-hydrogen) atoms. The van der Waals surface area contributed by atoms with Crippen LogP contribution in [0.15, 0.2) is 4.99 Å². The van der Waals surface area contributed by atoms with Crippen LogP contribution in [0.4, 0.5) is 14.4 Å². The molecule has 4 N–H and O–H groups in total. The summed E-state index contributed by atoms with van der Waals surface area (Å²) in [5.41, 5.74) is -0.591. The average molecular weight is 434 g/mol. The van der Waals surface area contributed by atoms with Gasteiger partial charge in [-0.1, -0.05) is 0 Å². The van der Waals surface area contributed by atoms with E-state index >= 15 is 0 Å². The van der Waals surface area contributed by atoms with Crippen molar-refractivity contribution in [2.24, 2.45) is 4.99 Å². The van der Waals surface area contributed by atoms with E-state index in [4.69, 9.17) is 13.8 Å². The highest BCUT2D eigenvalue weighted by molar-refractivity contribution is 7.32. The largest absolute Gasteiger partial charge is 0.444 e. The van der Waals surface area contributed by atoms with Gasteiger partial charge in [0.05, 0.1) is 0 Å². The summed E-state index contributed by atoms with van der Waals surface area (Å²) in [4.78, 5) is 46.3. The molecule has 3 atom stereocenters. The lowest BCUT2D eigenvalue weighted by Gasteiger charge is -2.24. The zero-order valence-electron chi connectivity index (χ0n) is 16.5. The van der Waals surface area contributed by atoms with E-state index < -0.39 is 23.9 Å². The Kier molecular flexibility index (Phi) is 10.5. The molecule has 1 saturated heterocycles. The minimum atomic E-state index is -0.881. The van der Waals surface area contributed by atoms with Crippen LogP contribution in [0.2, 0.25) is 0 Å². The van der Waals surface area contributed by atoms with Gasteiger partial charge >= 0.3 is 18.3 Å². The molecule has 3 amide bonds. The second-order valence-corrected chi connectivity index (χ2v) is 8.42. The molecule has 0 aromatic carbocycles. The fraction of sp³-hybridized carbons (Fsp3) is 0.667. The molecule has 0 spiro atoms. The Bertz CT molecular complexity index is 593. The molecule has 0 aromatic rings. The van der Waals surface area contributed by atoms with E-state index in [1.807, 2.05) is 0 Å². The van der Waals surface area contributed by atoms with Gasteiger partial charge in [-0.3, -0.25) is 5.32 Å². The molecule has 16 heteroatoms. The van der Waals surface area contributed by atoms with Crippen molar-refractivity contribution in [3.8, 4) is 0 Å². The van der Waals surface area contributed by atoms with Crippen molar-refractivity contribution in [1.29, 1.82) is 0 Å². The first-order valence-corrected chi connectivity index (χ1v) is 10.3. The van der Waals surface area contributed by atoms with Crippen LogP contribution >= 0.6 is 17.9 Å². The van der Waals surface area contributed by atoms with Crippen molar-refractivity contribution in [2.75, 3.05) is 13.1 Å². The Morgan fingerprint density at radius 2 is 1.79 bits per heavy atom. The van der Waals surface area contributed by atoms with E-state index in [0.717, 1.165) is 0 Å². The first-order chi connectivity index (χ1) is 13.1. The predicted molar refractivity (Wildman–Crippen MR) is 113 cm³/mol. The fourth-order valence-corrected chi connectivity index (χ4v) is 2.57. The van der Waals surface area contributed by atoms with Gasteiger partial charge in [-0.25, -0.2) is 14.4 Å². The van der Waals surface area contributed by atoms with Crippen LogP contribution in [-0.4, -0.2) is 69.8 Å². The summed E-state index contributed by atoms with van der Waals surface area (Å²) in [5, 5.41) is 5.29. The van der Waals surface area contributed by atoms with Crippen LogP contribution in [0, 0.1) is 0 Å². The van der Waals surface area contributed by atoms with Crippen LogP contribution in [0.5, 0.6) is 0 Å². The number of rotatable bonds is 5. The quantitative estimate of drug-likeness (QED) is 0.142. The molecule has 2 unspecified atom stereocenters. The molecule has 0 aliphatic carbocycles. The number of carbonyl (C=O) groups is 3. The summed E-state index contributed by atoms with van der Waals surface area (Å²) in [6, 6.07) is -0.238. The van der Waals surface area contributed by atoms with Crippen LogP contribution in [0.1, 0.15) is 27.2 Å². The van der Waals surface area contributed by atoms with Gasteiger partial charge in [-0.2, -0.15) is 0 Å². The Labute approximate surface area is 169 Å². The Balaban J connectivity index is 2.69. The summed E-state index contributed by atoms with van der Waals surface area (Å²) >= 11 is 0. The molecule has 1 rings (SSSR count). The first kappa shape index (κ1) is 24.4. The number of nitrogens with zero attached hydrogens (tertiary/aromatic N) is 2. The fourth-order valence-electron chi connectivity index (χ4n) is 2.09. The van der Waals surface area contributed by atoms with Gasteiger partial charge in [0.2, 0.25) is 5.96 Å². The highest BCUT2D eigenvalue weighted by Gasteiger charge is 2.30. The smallest absolute Gasteiger partial charge is 0.440 e. The van der Waals surface area contributed by atoms with Crippen molar-refractivity contribution in [2.45, 2.75) is 38.8 Å². The highest BCUT2D eigenvalue weighted by Crippen LogP contribution is 2.15. The molecule has 0 saturated carbocycles. The van der Waals surface area contributed by atoms with Crippen molar-refractivity contribution < 1.29 is 28.2 Å². The number of guanidine groups is 1. The van der Waals surface area contributed by atoms with Crippen LogP contribution in [0.25, 0.3) is 0 Å². The molecule has 0 radical (unpaired) electrons. The van der Waals surface area contributed by atoms with Crippen LogP contribution in [-0.2, 0) is 13.8 Å². The monoisotopic (exact) mass is 434 g/mol. The average Bonchev–Trinajstić information content (AvgIpc) is 3.05. The Hall–Kier alpha value is -1.61. The van der Waals surface area contributed by atoms with Crippen molar-refractivity contribution in [1.82, 2.24) is 25.5 Å². The van der Waals surface area contributed by atoms with Gasteiger partial charge in [0.1, 0.15) is 23.5 Å². The topological polar surface area (TPSA) is 143 Å². The lowest BCUT2D eigenvalue weighted by Crippen LogP contribution is -2.47. The van der Waals surface area contributed by atoms with E-state index in [9.17, 15) is 14.4 Å². The standard InChI is InChI=1S/C12H26B2N6O6P2/c1-12(2,3)24-11(23)20-5-4-7(6-20)15-8(16-9(21)25-27-18-13)17-10(22)26-28-19-14/h7,18-19,27-28H,4-6,13-14H2,1-3H3,(H2,15,16,17,21,22)/t7-/m1/s1.